The standard InChI is InChI=1S/C13H16N4OS.C2H6/c1-9-7-16-12-6-10(18-3)11(8-17(9)12)19-13(15-2)4-5-14;1-2/h4-8H,14H2,1-3H3;1-2H3/b5-4-,15-13?;. The summed E-state index contributed by atoms with van der Waals surface area (Å²) in [4.78, 5) is 9.45. The minimum absolute atomic E-state index is 0.773. The Labute approximate surface area is 129 Å². The minimum Gasteiger partial charge on any atom is -0.495 e. The van der Waals surface area contributed by atoms with Crippen molar-refractivity contribution >= 4 is 22.5 Å². The number of aromatic nitrogens is 2. The fraction of sp³-hybridized carbons (Fsp3) is 0.333. The molecule has 0 aliphatic heterocycles. The number of thioether (sulfide) groups is 1. The summed E-state index contributed by atoms with van der Waals surface area (Å²) in [6.07, 6.45) is 7.06. The molecule has 2 N–H and O–H groups in total. The first-order valence-corrected chi connectivity index (χ1v) is 7.56. The van der Waals surface area contributed by atoms with Crippen molar-refractivity contribution < 1.29 is 4.74 Å². The molecule has 0 bridgehead atoms. The highest BCUT2D eigenvalue weighted by molar-refractivity contribution is 8.14. The van der Waals surface area contributed by atoms with Gasteiger partial charge in [-0.25, -0.2) is 4.98 Å². The Morgan fingerprint density at radius 1 is 1.48 bits per heavy atom. The van der Waals surface area contributed by atoms with Crippen LogP contribution in [-0.2, 0) is 0 Å². The molecule has 0 atom stereocenters. The van der Waals surface area contributed by atoms with Crippen LogP contribution in [0.2, 0.25) is 0 Å². The van der Waals surface area contributed by atoms with Gasteiger partial charge in [-0.1, -0.05) is 25.6 Å². The fourth-order valence-corrected chi connectivity index (χ4v) is 2.56. The molecule has 114 valence electrons. The van der Waals surface area contributed by atoms with Crippen molar-refractivity contribution in [1.29, 1.82) is 0 Å². The number of fused-ring (bicyclic) bond motifs is 1. The van der Waals surface area contributed by atoms with Crippen LogP contribution >= 0.6 is 11.8 Å². The van der Waals surface area contributed by atoms with E-state index in [1.165, 1.54) is 18.0 Å². The van der Waals surface area contributed by atoms with Gasteiger partial charge in [-0.05, 0) is 19.2 Å². The molecule has 2 rings (SSSR count). The molecule has 0 amide bonds. The molecular weight excluding hydrogens is 284 g/mol. The lowest BCUT2D eigenvalue weighted by Gasteiger charge is -2.09. The average Bonchev–Trinajstić information content (AvgIpc) is 2.88. The van der Waals surface area contributed by atoms with Gasteiger partial charge in [-0.3, -0.25) is 4.99 Å². The van der Waals surface area contributed by atoms with Crippen molar-refractivity contribution in [3.05, 3.63) is 36.4 Å². The summed E-state index contributed by atoms with van der Waals surface area (Å²) in [6, 6.07) is 1.91. The van der Waals surface area contributed by atoms with Crippen LogP contribution in [0.4, 0.5) is 0 Å². The number of hydrogen-bond acceptors (Lipinski definition) is 5. The lowest BCUT2D eigenvalue weighted by atomic mass is 10.4. The molecule has 0 aliphatic rings. The molecule has 2 aromatic heterocycles. The lowest BCUT2D eigenvalue weighted by molar-refractivity contribution is 0.404. The summed E-state index contributed by atoms with van der Waals surface area (Å²) in [7, 11) is 3.38. The van der Waals surface area contributed by atoms with E-state index < -0.39 is 0 Å². The Morgan fingerprint density at radius 2 is 2.19 bits per heavy atom. The molecule has 0 aliphatic carbocycles. The highest BCUT2D eigenvalue weighted by Crippen LogP contribution is 2.31. The van der Waals surface area contributed by atoms with Crippen molar-refractivity contribution in [3.8, 4) is 5.75 Å². The van der Waals surface area contributed by atoms with Crippen LogP contribution in [0.1, 0.15) is 19.5 Å². The molecule has 2 heterocycles. The van der Waals surface area contributed by atoms with Crippen LogP contribution in [0.25, 0.3) is 5.65 Å². The van der Waals surface area contributed by atoms with Gasteiger partial charge in [0.05, 0.1) is 17.0 Å². The van der Waals surface area contributed by atoms with Gasteiger partial charge in [0.25, 0.3) is 0 Å². The number of rotatable bonds is 3. The maximum atomic E-state index is 5.41. The summed E-state index contributed by atoms with van der Waals surface area (Å²) in [5.74, 6) is 0.773. The normalized spacial score (nSPS) is 11.6. The van der Waals surface area contributed by atoms with Gasteiger partial charge in [0.1, 0.15) is 11.4 Å². The number of nitrogens with two attached hydrogens (primary N) is 1. The molecule has 0 saturated heterocycles. The number of imidazole rings is 1. The highest BCUT2D eigenvalue weighted by atomic mass is 32.2. The summed E-state index contributed by atoms with van der Waals surface area (Å²) in [5.41, 5.74) is 7.34. The van der Waals surface area contributed by atoms with E-state index in [2.05, 4.69) is 9.98 Å². The average molecular weight is 306 g/mol. The molecule has 0 saturated carbocycles. The molecule has 0 spiro atoms. The number of methoxy groups -OCH3 is 1. The van der Waals surface area contributed by atoms with Crippen LogP contribution in [0.15, 0.2) is 40.6 Å². The van der Waals surface area contributed by atoms with E-state index in [4.69, 9.17) is 10.5 Å². The monoisotopic (exact) mass is 306 g/mol. The fourth-order valence-electron chi connectivity index (χ4n) is 1.69. The highest BCUT2D eigenvalue weighted by Gasteiger charge is 2.10. The third-order valence-electron chi connectivity index (χ3n) is 2.65. The predicted octanol–water partition coefficient (Wildman–Crippen LogP) is 3.27. The summed E-state index contributed by atoms with van der Waals surface area (Å²) >= 11 is 1.50. The molecular formula is C15H22N4OS. The maximum Gasteiger partial charge on any atom is 0.140 e. The molecule has 0 fully saturated rings. The second-order valence-corrected chi connectivity index (χ2v) is 4.92. The van der Waals surface area contributed by atoms with Crippen molar-refractivity contribution in [2.24, 2.45) is 10.7 Å². The molecule has 0 radical (unpaired) electrons. The maximum absolute atomic E-state index is 5.41. The Kier molecular flexibility index (Phi) is 6.81. The van der Waals surface area contributed by atoms with Crippen molar-refractivity contribution in [2.45, 2.75) is 25.7 Å². The Balaban J connectivity index is 0.00000106. The Morgan fingerprint density at radius 3 is 2.76 bits per heavy atom. The number of ether oxygens (including phenoxy) is 1. The molecule has 5 nitrogen and oxygen atoms in total. The van der Waals surface area contributed by atoms with Crippen LogP contribution < -0.4 is 10.5 Å². The molecule has 0 unspecified atom stereocenters. The molecule has 0 aromatic carbocycles. The smallest absolute Gasteiger partial charge is 0.140 e. The second kappa shape index (κ2) is 8.36. The van der Waals surface area contributed by atoms with Crippen LogP contribution in [0.3, 0.4) is 0 Å². The minimum atomic E-state index is 0.773. The topological polar surface area (TPSA) is 64.9 Å². The first-order valence-electron chi connectivity index (χ1n) is 6.74. The van der Waals surface area contributed by atoms with E-state index in [1.54, 1.807) is 20.2 Å². The van der Waals surface area contributed by atoms with Gasteiger partial charge < -0.3 is 14.9 Å². The van der Waals surface area contributed by atoms with Gasteiger partial charge in [-0.2, -0.15) is 0 Å². The van der Waals surface area contributed by atoms with Gasteiger partial charge in [0.15, 0.2) is 0 Å². The number of pyridine rings is 1. The third kappa shape index (κ3) is 4.01. The molecule has 2 aromatic rings. The molecule has 21 heavy (non-hydrogen) atoms. The first-order chi connectivity index (χ1) is 10.2. The second-order valence-electron chi connectivity index (χ2n) is 3.86. The SMILES string of the molecule is CC.CN=C(/C=C\N)Sc1cn2c(C)cnc2cc1OC. The number of nitrogens with zero attached hydrogens (tertiary/aromatic N) is 3. The number of aryl methyl sites for hydroxylation is 1. The van der Waals surface area contributed by atoms with E-state index in [0.717, 1.165) is 27.0 Å². The summed E-state index contributed by atoms with van der Waals surface area (Å²) in [6.45, 7) is 6.01. The van der Waals surface area contributed by atoms with Gasteiger partial charge in [0.2, 0.25) is 0 Å². The van der Waals surface area contributed by atoms with Crippen molar-refractivity contribution in [3.63, 3.8) is 0 Å². The van der Waals surface area contributed by atoms with Crippen LogP contribution in [-0.4, -0.2) is 28.6 Å². The third-order valence-corrected chi connectivity index (χ3v) is 3.71. The van der Waals surface area contributed by atoms with E-state index in [9.17, 15) is 0 Å². The molecule has 6 heteroatoms. The van der Waals surface area contributed by atoms with E-state index >= 15 is 0 Å². The van der Waals surface area contributed by atoms with Gasteiger partial charge in [-0.15, -0.1) is 0 Å². The van der Waals surface area contributed by atoms with Crippen LogP contribution in [0.5, 0.6) is 5.75 Å². The Bertz CT molecular complexity index is 646. The van der Waals surface area contributed by atoms with Gasteiger partial charge in [0, 0.05) is 31.2 Å². The zero-order valence-corrected chi connectivity index (χ0v) is 13.9. The van der Waals surface area contributed by atoms with E-state index in [0.29, 0.717) is 0 Å². The number of aliphatic imine (C=N–C) groups is 1. The zero-order chi connectivity index (χ0) is 15.8. The zero-order valence-electron chi connectivity index (χ0n) is 13.1. The van der Waals surface area contributed by atoms with Crippen molar-refractivity contribution in [2.75, 3.05) is 14.2 Å². The lowest BCUT2D eigenvalue weighted by Crippen LogP contribution is -1.96. The van der Waals surface area contributed by atoms with Gasteiger partial charge >= 0.3 is 0 Å². The summed E-state index contributed by atoms with van der Waals surface area (Å²) in [5, 5.41) is 0.818. The van der Waals surface area contributed by atoms with Crippen LogP contribution in [0, 0.1) is 6.92 Å². The number of hydrogen-bond donors (Lipinski definition) is 1. The Hall–Kier alpha value is -1.95. The first kappa shape index (κ1) is 17.1. The largest absolute Gasteiger partial charge is 0.495 e. The van der Waals surface area contributed by atoms with E-state index in [1.807, 2.05) is 43.6 Å². The summed E-state index contributed by atoms with van der Waals surface area (Å²) < 4.78 is 7.42. The van der Waals surface area contributed by atoms with E-state index in [-0.39, 0.29) is 0 Å². The predicted molar refractivity (Wildman–Crippen MR) is 90.4 cm³/mol. The van der Waals surface area contributed by atoms with Crippen molar-refractivity contribution in [1.82, 2.24) is 9.38 Å². The quantitative estimate of drug-likeness (QED) is 0.537.